The molecule has 76 valence electrons. The fourth-order valence-electron chi connectivity index (χ4n) is 1.32. The van der Waals surface area contributed by atoms with Crippen LogP contribution < -0.4 is 0 Å². The van der Waals surface area contributed by atoms with Gasteiger partial charge in [0.05, 0.1) is 0 Å². The van der Waals surface area contributed by atoms with Gasteiger partial charge >= 0.3 is 0 Å². The maximum Gasteiger partial charge on any atom is 0.230 e. The van der Waals surface area contributed by atoms with Gasteiger partial charge in [-0.2, -0.15) is 5.10 Å². The third-order valence-electron chi connectivity index (χ3n) is 2.07. The van der Waals surface area contributed by atoms with Crippen LogP contribution in [0.1, 0.15) is 21.9 Å². The maximum atomic E-state index is 11.9. The van der Waals surface area contributed by atoms with Crippen LogP contribution in [0.25, 0.3) is 0 Å². The Bertz CT molecular complexity index is 504. The molecular weight excluding hydrogens is 192 g/mol. The van der Waals surface area contributed by atoms with E-state index in [1.54, 1.807) is 25.4 Å². The molecule has 2 rings (SSSR count). The molecule has 0 aromatic carbocycles. The summed E-state index contributed by atoms with van der Waals surface area (Å²) in [4.78, 5) is 19.9. The molecule has 0 atom stereocenters. The quantitative estimate of drug-likeness (QED) is 0.674. The Balaban J connectivity index is 2.41. The van der Waals surface area contributed by atoms with Crippen molar-refractivity contribution in [1.82, 2.24) is 19.7 Å². The second-order valence-corrected chi connectivity index (χ2v) is 3.22. The van der Waals surface area contributed by atoms with Gasteiger partial charge in [-0.3, -0.25) is 9.78 Å². The van der Waals surface area contributed by atoms with Crippen LogP contribution in [0.3, 0.4) is 0 Å². The zero-order chi connectivity index (χ0) is 10.8. The molecule has 0 radical (unpaired) electrons. The normalized spacial score (nSPS) is 10.3. The lowest BCUT2D eigenvalue weighted by atomic mass is 10.1. The zero-order valence-corrected chi connectivity index (χ0v) is 8.51. The van der Waals surface area contributed by atoms with Crippen LogP contribution >= 0.6 is 0 Å². The summed E-state index contributed by atoms with van der Waals surface area (Å²) in [7, 11) is 1.69. The minimum atomic E-state index is -0.138. The highest BCUT2D eigenvalue weighted by atomic mass is 16.1. The monoisotopic (exact) mass is 202 g/mol. The number of hydrogen-bond donors (Lipinski definition) is 0. The van der Waals surface area contributed by atoms with E-state index in [2.05, 4.69) is 15.1 Å². The van der Waals surface area contributed by atoms with E-state index in [0.717, 1.165) is 5.69 Å². The van der Waals surface area contributed by atoms with Gasteiger partial charge in [0.25, 0.3) is 0 Å². The molecule has 0 aliphatic rings. The first-order chi connectivity index (χ1) is 7.18. The summed E-state index contributed by atoms with van der Waals surface area (Å²) < 4.78 is 1.46. The van der Waals surface area contributed by atoms with Gasteiger partial charge in [0.2, 0.25) is 5.78 Å². The van der Waals surface area contributed by atoms with Crippen LogP contribution in [-0.4, -0.2) is 25.5 Å². The van der Waals surface area contributed by atoms with Gasteiger partial charge in [-0.1, -0.05) is 0 Å². The lowest BCUT2D eigenvalue weighted by Gasteiger charge is -2.00. The lowest BCUT2D eigenvalue weighted by molar-refractivity contribution is 0.102. The van der Waals surface area contributed by atoms with Crippen LogP contribution in [0.4, 0.5) is 0 Å². The largest absolute Gasteiger partial charge is 0.285 e. The molecule has 0 aliphatic carbocycles. The zero-order valence-electron chi connectivity index (χ0n) is 8.51. The highest BCUT2D eigenvalue weighted by Gasteiger charge is 2.14. The Labute approximate surface area is 86.8 Å². The van der Waals surface area contributed by atoms with Crippen molar-refractivity contribution in [2.24, 2.45) is 7.05 Å². The van der Waals surface area contributed by atoms with Gasteiger partial charge < -0.3 is 0 Å². The molecule has 0 N–H and O–H groups in total. The van der Waals surface area contributed by atoms with Crippen molar-refractivity contribution in [2.75, 3.05) is 0 Å². The van der Waals surface area contributed by atoms with Crippen molar-refractivity contribution >= 4 is 5.78 Å². The second kappa shape index (κ2) is 3.61. The van der Waals surface area contributed by atoms with E-state index in [9.17, 15) is 4.79 Å². The number of hydrogen-bond acceptors (Lipinski definition) is 4. The van der Waals surface area contributed by atoms with Crippen molar-refractivity contribution in [2.45, 2.75) is 6.92 Å². The van der Waals surface area contributed by atoms with E-state index in [1.807, 2.05) is 6.92 Å². The molecule has 0 aliphatic heterocycles. The number of ketones is 1. The minimum Gasteiger partial charge on any atom is -0.285 e. The van der Waals surface area contributed by atoms with Gasteiger partial charge in [0.1, 0.15) is 6.33 Å². The average molecular weight is 202 g/mol. The Kier molecular flexibility index (Phi) is 2.29. The van der Waals surface area contributed by atoms with Gasteiger partial charge in [-0.05, 0) is 19.1 Å². The van der Waals surface area contributed by atoms with Gasteiger partial charge in [0.15, 0.2) is 5.82 Å². The van der Waals surface area contributed by atoms with Crippen molar-refractivity contribution < 1.29 is 4.79 Å². The summed E-state index contributed by atoms with van der Waals surface area (Å²) in [5, 5.41) is 3.85. The summed E-state index contributed by atoms with van der Waals surface area (Å²) in [5.41, 5.74) is 1.39. The molecule has 0 saturated heterocycles. The maximum absolute atomic E-state index is 11.9. The Morgan fingerprint density at radius 2 is 2.20 bits per heavy atom. The van der Waals surface area contributed by atoms with Crippen molar-refractivity contribution in [3.63, 3.8) is 0 Å². The number of carbonyl (C=O) groups excluding carboxylic acids is 1. The van der Waals surface area contributed by atoms with Crippen molar-refractivity contribution in [3.8, 4) is 0 Å². The first kappa shape index (κ1) is 9.51. The van der Waals surface area contributed by atoms with Crippen LogP contribution in [0.2, 0.25) is 0 Å². The molecule has 0 spiro atoms. The minimum absolute atomic E-state index is 0.138. The molecule has 0 fully saturated rings. The molecule has 0 saturated carbocycles. The van der Waals surface area contributed by atoms with E-state index in [4.69, 9.17) is 0 Å². The molecule has 0 amide bonds. The van der Waals surface area contributed by atoms with Crippen molar-refractivity contribution in [3.05, 3.63) is 41.7 Å². The van der Waals surface area contributed by atoms with E-state index in [1.165, 1.54) is 11.0 Å². The molecule has 15 heavy (non-hydrogen) atoms. The topological polar surface area (TPSA) is 60.7 Å². The van der Waals surface area contributed by atoms with Gasteiger partial charge in [-0.15, -0.1) is 0 Å². The van der Waals surface area contributed by atoms with Gasteiger partial charge in [-0.25, -0.2) is 9.67 Å². The van der Waals surface area contributed by atoms with E-state index < -0.39 is 0 Å². The number of carbonyl (C=O) groups is 1. The standard InChI is InChI=1S/C10H10N4O/c1-7-5-8(3-4-11-7)9(15)10-12-6-13-14(10)2/h3-6H,1-2H3. The Morgan fingerprint density at radius 1 is 1.40 bits per heavy atom. The van der Waals surface area contributed by atoms with E-state index in [0.29, 0.717) is 11.4 Å². The van der Waals surface area contributed by atoms with Crippen LogP contribution in [0, 0.1) is 6.92 Å². The fraction of sp³-hybridized carbons (Fsp3) is 0.200. The summed E-state index contributed by atoms with van der Waals surface area (Å²) in [6.07, 6.45) is 2.97. The van der Waals surface area contributed by atoms with Crippen molar-refractivity contribution in [1.29, 1.82) is 0 Å². The highest BCUT2D eigenvalue weighted by molar-refractivity contribution is 6.06. The fourth-order valence-corrected chi connectivity index (χ4v) is 1.32. The third kappa shape index (κ3) is 1.76. The predicted octanol–water partition coefficient (Wildman–Crippen LogP) is 0.750. The average Bonchev–Trinajstić information content (AvgIpc) is 2.63. The molecular formula is C10H10N4O. The first-order valence-corrected chi connectivity index (χ1v) is 4.50. The number of nitrogens with zero attached hydrogens (tertiary/aromatic N) is 4. The Hall–Kier alpha value is -2.04. The molecule has 2 aromatic heterocycles. The molecule has 0 unspecified atom stereocenters. The Morgan fingerprint density at radius 3 is 2.80 bits per heavy atom. The second-order valence-electron chi connectivity index (χ2n) is 3.22. The summed E-state index contributed by atoms with van der Waals surface area (Å²) >= 11 is 0. The van der Waals surface area contributed by atoms with E-state index in [-0.39, 0.29) is 5.78 Å². The molecule has 2 heterocycles. The first-order valence-electron chi connectivity index (χ1n) is 4.50. The van der Waals surface area contributed by atoms with Crippen LogP contribution in [-0.2, 0) is 7.05 Å². The van der Waals surface area contributed by atoms with Gasteiger partial charge in [0, 0.05) is 24.5 Å². The molecule has 5 nitrogen and oxygen atoms in total. The van der Waals surface area contributed by atoms with E-state index >= 15 is 0 Å². The lowest BCUT2D eigenvalue weighted by Crippen LogP contribution is -2.10. The highest BCUT2D eigenvalue weighted by Crippen LogP contribution is 2.06. The number of aromatic nitrogens is 4. The summed E-state index contributed by atoms with van der Waals surface area (Å²) in [6.45, 7) is 1.84. The third-order valence-corrected chi connectivity index (χ3v) is 2.07. The SMILES string of the molecule is Cc1cc(C(=O)c2ncnn2C)ccn1. The number of aryl methyl sites for hydroxylation is 2. The van der Waals surface area contributed by atoms with Crippen LogP contribution in [0.15, 0.2) is 24.7 Å². The smallest absolute Gasteiger partial charge is 0.230 e. The summed E-state index contributed by atoms with van der Waals surface area (Å²) in [5.74, 6) is 0.195. The molecule has 5 heteroatoms. The molecule has 0 bridgehead atoms. The number of rotatable bonds is 2. The molecule has 2 aromatic rings. The van der Waals surface area contributed by atoms with Crippen LogP contribution in [0.5, 0.6) is 0 Å². The predicted molar refractivity (Wildman–Crippen MR) is 53.4 cm³/mol. The summed E-state index contributed by atoms with van der Waals surface area (Å²) in [6, 6.07) is 3.40. The number of pyridine rings is 1.